The minimum Gasteiger partial charge on any atom is -0.394 e. The Morgan fingerprint density at radius 1 is 0.759 bits per heavy atom. The highest BCUT2D eigenvalue weighted by Gasteiger charge is 2.52. The Hall–Kier alpha value is -5.15. The second-order valence-electron chi connectivity index (χ2n) is 11.5. The zero-order valence-corrected chi connectivity index (χ0v) is 27.0. The van der Waals surface area contributed by atoms with Gasteiger partial charge in [0.05, 0.1) is 25.9 Å². The fraction of sp³-hybridized carbons (Fsp3) is 0.414. The average Bonchev–Trinajstić information content (AvgIpc) is 3.89. The molecule has 8 atom stereocenters. The average molecular weight is 775 g/mol. The summed E-state index contributed by atoms with van der Waals surface area (Å²) in [5.74, 6) is -0.399. The number of aromatic nitrogens is 8. The standard InChI is InChI=1S/C18H16F3N5O5.C11H12F3N5O4/c19-18(20,21)31-13-12(28)10(6-27)30-17(13)26-8-24-11-14(22-7-23-15(11)26)25-16(29)9-4-2-1-3-5-9;12-11(13,14)23-7-6(21)4(1-20)22-10(7)19-3-18-5-8(15)16-2-17-9(5)19/h1-5,7-8,10,12-13,17,27-28H,6H2,(H,22,23,25,29);2-4,6-7,10,20-21H,1H2,(H2,15,16,17)/t10-,12+,13?,17-;4-,6+,7?,10-/m11/s1. The molecule has 2 aliphatic heterocycles. The predicted octanol–water partition coefficient (Wildman–Crippen LogP) is 0.798. The lowest BCUT2D eigenvalue weighted by Crippen LogP contribution is -2.39. The van der Waals surface area contributed by atoms with Crippen molar-refractivity contribution in [2.45, 2.75) is 61.8 Å². The van der Waals surface area contributed by atoms with Crippen molar-refractivity contribution in [3.05, 3.63) is 61.2 Å². The fourth-order valence-corrected chi connectivity index (χ4v) is 5.70. The number of benzene rings is 1. The van der Waals surface area contributed by atoms with Crippen molar-refractivity contribution in [1.82, 2.24) is 39.0 Å². The molecule has 5 aromatic rings. The third-order valence-corrected chi connectivity index (χ3v) is 8.09. The highest BCUT2D eigenvalue weighted by Crippen LogP contribution is 2.39. The van der Waals surface area contributed by atoms with E-state index in [1.54, 1.807) is 30.3 Å². The third kappa shape index (κ3) is 8.02. The molecule has 0 saturated carbocycles. The van der Waals surface area contributed by atoms with Crippen molar-refractivity contribution in [3.8, 4) is 0 Å². The summed E-state index contributed by atoms with van der Waals surface area (Å²) in [5, 5.41) is 41.0. The van der Waals surface area contributed by atoms with Gasteiger partial charge in [-0.3, -0.25) is 23.4 Å². The van der Waals surface area contributed by atoms with Crippen LogP contribution in [-0.4, -0.2) is 128 Å². The van der Waals surface area contributed by atoms with E-state index in [0.717, 1.165) is 34.4 Å². The van der Waals surface area contributed by atoms with Crippen molar-refractivity contribution in [2.24, 2.45) is 0 Å². The Kier molecular flexibility index (Phi) is 10.9. The maximum absolute atomic E-state index is 12.9. The molecule has 2 unspecified atom stereocenters. The van der Waals surface area contributed by atoms with E-state index in [9.17, 15) is 46.5 Å². The van der Waals surface area contributed by atoms with E-state index < -0.39 is 80.9 Å². The van der Waals surface area contributed by atoms with Gasteiger partial charge in [0.25, 0.3) is 5.91 Å². The number of nitrogens with two attached hydrogens (primary N) is 1. The summed E-state index contributed by atoms with van der Waals surface area (Å²) in [5.41, 5.74) is 6.38. The van der Waals surface area contributed by atoms with Gasteiger partial charge in [-0.05, 0) is 12.1 Å². The molecule has 2 aliphatic rings. The number of hydrogen-bond donors (Lipinski definition) is 6. The first kappa shape index (κ1) is 38.6. The van der Waals surface area contributed by atoms with Gasteiger partial charge in [-0.1, -0.05) is 18.2 Å². The number of nitrogen functional groups attached to an aromatic ring is 1. The highest BCUT2D eigenvalue weighted by atomic mass is 19.4. The normalized spacial score (nSPS) is 25.9. The van der Waals surface area contributed by atoms with Gasteiger partial charge in [-0.15, -0.1) is 26.3 Å². The Morgan fingerprint density at radius 3 is 1.74 bits per heavy atom. The summed E-state index contributed by atoms with van der Waals surface area (Å²) in [4.78, 5) is 36.0. The lowest BCUT2D eigenvalue weighted by atomic mass is 10.1. The number of amides is 1. The summed E-state index contributed by atoms with van der Waals surface area (Å²) in [6.45, 7) is -1.41. The molecule has 2 fully saturated rings. The number of alkyl halides is 6. The molecular weight excluding hydrogens is 746 g/mol. The number of nitrogens with zero attached hydrogens (tertiary/aromatic N) is 8. The Morgan fingerprint density at radius 2 is 1.24 bits per heavy atom. The lowest BCUT2D eigenvalue weighted by molar-refractivity contribution is -0.356. The van der Waals surface area contributed by atoms with Gasteiger partial charge in [-0.25, -0.2) is 29.9 Å². The highest BCUT2D eigenvalue weighted by molar-refractivity contribution is 6.06. The number of imidazole rings is 2. The summed E-state index contributed by atoms with van der Waals surface area (Å²) in [6.07, 6.45) is -18.2. The molecule has 2 saturated heterocycles. The van der Waals surface area contributed by atoms with Crippen LogP contribution < -0.4 is 11.1 Å². The maximum Gasteiger partial charge on any atom is 0.523 e. The molecule has 7 rings (SSSR count). The van der Waals surface area contributed by atoms with E-state index in [0.29, 0.717) is 5.56 Å². The number of fused-ring (bicyclic) bond motifs is 2. The van der Waals surface area contributed by atoms with Crippen LogP contribution in [0.3, 0.4) is 0 Å². The molecule has 0 radical (unpaired) electrons. The van der Waals surface area contributed by atoms with Crippen molar-refractivity contribution >= 4 is 39.9 Å². The molecule has 19 nitrogen and oxygen atoms in total. The van der Waals surface area contributed by atoms with E-state index in [4.69, 9.17) is 20.3 Å². The molecule has 7 N–H and O–H groups in total. The molecule has 0 aliphatic carbocycles. The molecule has 0 bridgehead atoms. The van der Waals surface area contributed by atoms with Crippen LogP contribution >= 0.6 is 0 Å². The molecule has 25 heteroatoms. The van der Waals surface area contributed by atoms with Gasteiger partial charge in [0.1, 0.15) is 54.8 Å². The summed E-state index contributed by atoms with van der Waals surface area (Å²) >= 11 is 0. The molecule has 4 aromatic heterocycles. The minimum atomic E-state index is -5.06. The second-order valence-corrected chi connectivity index (χ2v) is 11.5. The number of ether oxygens (including phenoxy) is 4. The fourth-order valence-electron chi connectivity index (χ4n) is 5.70. The van der Waals surface area contributed by atoms with Crippen LogP contribution in [0.25, 0.3) is 22.3 Å². The first-order valence-corrected chi connectivity index (χ1v) is 15.4. The maximum atomic E-state index is 12.9. The number of aliphatic hydroxyl groups excluding tert-OH is 4. The quantitative estimate of drug-likeness (QED) is 0.119. The smallest absolute Gasteiger partial charge is 0.394 e. The van der Waals surface area contributed by atoms with Crippen LogP contribution in [0, 0.1) is 0 Å². The minimum absolute atomic E-state index is 0.0307. The molecule has 1 amide bonds. The van der Waals surface area contributed by atoms with Crippen molar-refractivity contribution in [2.75, 3.05) is 24.3 Å². The molecule has 290 valence electrons. The zero-order chi connectivity index (χ0) is 38.9. The molecule has 0 spiro atoms. The van der Waals surface area contributed by atoms with E-state index >= 15 is 0 Å². The third-order valence-electron chi connectivity index (χ3n) is 8.09. The first-order chi connectivity index (χ1) is 25.6. The van der Waals surface area contributed by atoms with E-state index in [1.807, 2.05) is 0 Å². The van der Waals surface area contributed by atoms with Gasteiger partial charge in [0.2, 0.25) is 0 Å². The van der Waals surface area contributed by atoms with E-state index in [1.165, 1.54) is 0 Å². The van der Waals surface area contributed by atoms with Crippen molar-refractivity contribution in [1.29, 1.82) is 0 Å². The molecular formula is C29H28F6N10O9. The predicted molar refractivity (Wildman–Crippen MR) is 165 cm³/mol. The summed E-state index contributed by atoms with van der Waals surface area (Å²) in [7, 11) is 0. The van der Waals surface area contributed by atoms with Crippen molar-refractivity contribution in [3.63, 3.8) is 0 Å². The Bertz CT molecular complexity index is 2070. The molecule has 6 heterocycles. The first-order valence-electron chi connectivity index (χ1n) is 15.4. The van der Waals surface area contributed by atoms with E-state index in [2.05, 4.69) is 44.7 Å². The number of anilines is 2. The summed E-state index contributed by atoms with van der Waals surface area (Å²) < 4.78 is 97.2. The van der Waals surface area contributed by atoms with Crippen LogP contribution in [0.2, 0.25) is 0 Å². The van der Waals surface area contributed by atoms with Crippen LogP contribution in [0.1, 0.15) is 22.8 Å². The number of aliphatic hydroxyl groups is 4. The number of rotatable bonds is 8. The Labute approximate surface area is 296 Å². The van der Waals surface area contributed by atoms with Gasteiger partial charge < -0.3 is 41.0 Å². The van der Waals surface area contributed by atoms with Crippen LogP contribution in [0.5, 0.6) is 0 Å². The number of carbonyl (C=O) groups excluding carboxylic acids is 1. The van der Waals surface area contributed by atoms with Crippen LogP contribution in [0.4, 0.5) is 38.0 Å². The monoisotopic (exact) mass is 774 g/mol. The largest absolute Gasteiger partial charge is 0.523 e. The topological polar surface area (TPSA) is 260 Å². The second kappa shape index (κ2) is 15.3. The molecule has 1 aromatic carbocycles. The molecule has 54 heavy (non-hydrogen) atoms. The number of carbonyl (C=O) groups is 1. The van der Waals surface area contributed by atoms with Gasteiger partial charge in [0, 0.05) is 5.56 Å². The van der Waals surface area contributed by atoms with Crippen LogP contribution in [-0.2, 0) is 18.9 Å². The lowest BCUT2D eigenvalue weighted by Gasteiger charge is -2.22. The number of halogens is 6. The van der Waals surface area contributed by atoms with Gasteiger partial charge >= 0.3 is 12.7 Å². The van der Waals surface area contributed by atoms with Crippen LogP contribution in [0.15, 0.2) is 55.6 Å². The number of hydrogen-bond acceptors (Lipinski definition) is 16. The zero-order valence-electron chi connectivity index (χ0n) is 27.0. The number of nitrogens with one attached hydrogen (secondary N) is 1. The van der Waals surface area contributed by atoms with Crippen molar-refractivity contribution < 1.29 is 70.5 Å². The summed E-state index contributed by atoms with van der Waals surface area (Å²) in [6, 6.07) is 8.29. The van der Waals surface area contributed by atoms with Gasteiger partial charge in [0.15, 0.2) is 40.9 Å². The van der Waals surface area contributed by atoms with Gasteiger partial charge in [-0.2, -0.15) is 0 Å². The SMILES string of the molecule is Nc1ncnc2c1ncn2[C@@H]1O[C@H](CO)[C@H](O)C1OC(F)(F)F.O=C(Nc1ncnc2c1ncn2[C@@H]1O[C@H](CO)[C@H](O)C1OC(F)(F)F)c1ccccc1. The van der Waals surface area contributed by atoms with E-state index in [-0.39, 0.29) is 34.0 Å². The Balaban J connectivity index is 0.000000193.